The normalized spacial score (nSPS) is 45.9. The second kappa shape index (κ2) is 10.1. The van der Waals surface area contributed by atoms with Crippen LogP contribution in [0.5, 0.6) is 0 Å². The van der Waals surface area contributed by atoms with Crippen LogP contribution in [0.2, 0.25) is 0 Å². The Hall–Kier alpha value is -0.940. The molecule has 11 atom stereocenters. The molecule has 5 rings (SSSR count). The van der Waals surface area contributed by atoms with Gasteiger partial charge in [-0.3, -0.25) is 0 Å². The monoisotopic (exact) mass is 483 g/mol. The fraction of sp³-hybridized carbons (Fsp3) is 0.806. The summed E-state index contributed by atoms with van der Waals surface area (Å²) < 4.78 is 0. The summed E-state index contributed by atoms with van der Waals surface area (Å²) in [4.78, 5) is 0. The number of hydrogen-bond acceptors (Lipinski definition) is 4. The van der Waals surface area contributed by atoms with Crippen LogP contribution < -0.4 is 5.32 Å². The lowest BCUT2D eigenvalue weighted by molar-refractivity contribution is -0.207. The average Bonchev–Trinajstić information content (AvgIpc) is 3.20. The summed E-state index contributed by atoms with van der Waals surface area (Å²) in [5, 5.41) is 37.1. The summed E-state index contributed by atoms with van der Waals surface area (Å²) in [5.74, 6) is 2.61. The van der Waals surface area contributed by atoms with E-state index in [1.165, 1.54) is 18.4 Å². The van der Waals surface area contributed by atoms with Gasteiger partial charge in [0, 0.05) is 6.54 Å². The fourth-order valence-corrected chi connectivity index (χ4v) is 9.71. The number of nitrogens with one attached hydrogen (secondary N) is 1. The van der Waals surface area contributed by atoms with Crippen LogP contribution in [-0.4, -0.2) is 40.2 Å². The van der Waals surface area contributed by atoms with E-state index in [4.69, 9.17) is 0 Å². The Bertz CT molecular complexity index is 847. The molecule has 0 amide bonds. The van der Waals surface area contributed by atoms with Gasteiger partial charge in [-0.05, 0) is 116 Å². The van der Waals surface area contributed by atoms with E-state index in [9.17, 15) is 15.3 Å². The predicted octanol–water partition coefficient (Wildman–Crippen LogP) is 5.15. The summed E-state index contributed by atoms with van der Waals surface area (Å²) in [6.45, 7) is 9.15. The Morgan fingerprint density at radius 2 is 1.74 bits per heavy atom. The third kappa shape index (κ3) is 4.51. The van der Waals surface area contributed by atoms with Crippen molar-refractivity contribution in [3.05, 3.63) is 35.9 Å². The summed E-state index contributed by atoms with van der Waals surface area (Å²) in [7, 11) is 0. The van der Waals surface area contributed by atoms with Crippen molar-refractivity contribution in [3.63, 3.8) is 0 Å². The molecule has 0 bridgehead atoms. The maximum absolute atomic E-state index is 11.7. The minimum absolute atomic E-state index is 0.0869. The first-order valence-electron chi connectivity index (χ1n) is 14.5. The van der Waals surface area contributed by atoms with Gasteiger partial charge in [0.25, 0.3) is 0 Å². The number of benzene rings is 1. The van der Waals surface area contributed by atoms with E-state index in [2.05, 4.69) is 56.4 Å². The number of hydrogen-bond donors (Lipinski definition) is 4. The van der Waals surface area contributed by atoms with Gasteiger partial charge in [-0.25, -0.2) is 0 Å². The zero-order valence-corrected chi connectivity index (χ0v) is 22.2. The largest absolute Gasteiger partial charge is 0.393 e. The van der Waals surface area contributed by atoms with Crippen molar-refractivity contribution in [2.24, 2.45) is 46.3 Å². The molecule has 1 aromatic carbocycles. The van der Waals surface area contributed by atoms with Crippen molar-refractivity contribution >= 4 is 0 Å². The SMILES string of the molecule is CC(CCCNCc1ccccc1)C1CCC2C3C(O)CC4CC(O)CCC4(C)C3CC(O)C12C. The summed E-state index contributed by atoms with van der Waals surface area (Å²) in [6.07, 6.45) is 8.33. The summed E-state index contributed by atoms with van der Waals surface area (Å²) in [5.41, 5.74) is 1.40. The second-order valence-electron chi connectivity index (χ2n) is 13.3. The predicted molar refractivity (Wildman–Crippen MR) is 141 cm³/mol. The highest BCUT2D eigenvalue weighted by molar-refractivity contribution is 5.15. The molecular weight excluding hydrogens is 434 g/mol. The number of aliphatic hydroxyl groups is 3. The lowest BCUT2D eigenvalue weighted by Crippen LogP contribution is -2.62. The minimum Gasteiger partial charge on any atom is -0.393 e. The van der Waals surface area contributed by atoms with Crippen molar-refractivity contribution in [3.8, 4) is 0 Å². The Morgan fingerprint density at radius 1 is 0.971 bits per heavy atom. The molecule has 0 aliphatic heterocycles. The van der Waals surface area contributed by atoms with E-state index in [0.717, 1.165) is 58.0 Å². The molecule has 0 spiro atoms. The molecule has 0 heterocycles. The lowest BCUT2D eigenvalue weighted by atomic mass is 9.43. The van der Waals surface area contributed by atoms with E-state index >= 15 is 0 Å². The van der Waals surface area contributed by atoms with Crippen LogP contribution in [0.4, 0.5) is 0 Å². The smallest absolute Gasteiger partial charge is 0.0602 e. The van der Waals surface area contributed by atoms with Crippen LogP contribution in [0.25, 0.3) is 0 Å². The fourth-order valence-electron chi connectivity index (χ4n) is 9.71. The van der Waals surface area contributed by atoms with Crippen molar-refractivity contribution < 1.29 is 15.3 Å². The summed E-state index contributed by atoms with van der Waals surface area (Å²) >= 11 is 0. The minimum atomic E-state index is -0.283. The quantitative estimate of drug-likeness (QED) is 0.405. The van der Waals surface area contributed by atoms with E-state index < -0.39 is 0 Å². The van der Waals surface area contributed by atoms with Gasteiger partial charge in [-0.1, -0.05) is 51.1 Å². The molecule has 4 saturated carbocycles. The molecule has 1 aromatic rings. The molecule has 11 unspecified atom stereocenters. The molecule has 4 aliphatic rings. The van der Waals surface area contributed by atoms with E-state index in [0.29, 0.717) is 35.5 Å². The van der Waals surface area contributed by atoms with Crippen molar-refractivity contribution in [1.29, 1.82) is 0 Å². The second-order valence-corrected chi connectivity index (χ2v) is 13.3. The first kappa shape index (κ1) is 25.7. The number of aliphatic hydroxyl groups excluding tert-OH is 3. The van der Waals surface area contributed by atoms with E-state index in [-0.39, 0.29) is 29.1 Å². The molecule has 196 valence electrons. The highest BCUT2D eigenvalue weighted by atomic mass is 16.3. The number of fused-ring (bicyclic) bond motifs is 5. The van der Waals surface area contributed by atoms with Gasteiger partial charge in [0.1, 0.15) is 0 Å². The van der Waals surface area contributed by atoms with Gasteiger partial charge in [0.15, 0.2) is 0 Å². The maximum atomic E-state index is 11.7. The first-order valence-corrected chi connectivity index (χ1v) is 14.5. The average molecular weight is 484 g/mol. The molecule has 4 aliphatic carbocycles. The molecule has 0 radical (unpaired) electrons. The van der Waals surface area contributed by atoms with Gasteiger partial charge in [-0.2, -0.15) is 0 Å². The topological polar surface area (TPSA) is 72.7 Å². The van der Waals surface area contributed by atoms with Crippen LogP contribution in [0, 0.1) is 46.3 Å². The third-order valence-electron chi connectivity index (χ3n) is 11.7. The Morgan fingerprint density at radius 3 is 2.51 bits per heavy atom. The first-order chi connectivity index (χ1) is 16.7. The maximum Gasteiger partial charge on any atom is 0.0602 e. The van der Waals surface area contributed by atoms with E-state index in [1.807, 2.05) is 0 Å². The van der Waals surface area contributed by atoms with E-state index in [1.54, 1.807) is 0 Å². The van der Waals surface area contributed by atoms with Gasteiger partial charge >= 0.3 is 0 Å². The standard InChI is InChI=1S/C31H49NO3/c1-20(8-7-15-32-19-21-9-5-4-6-10-21)24-11-12-25-29-26(18-28(35)31(24,25)3)30(2)14-13-23(33)16-22(30)17-27(29)34/h4-6,9-10,20,22-29,32-35H,7-8,11-19H2,1-3H3. The van der Waals surface area contributed by atoms with Gasteiger partial charge in [0.05, 0.1) is 18.3 Å². The number of rotatable bonds is 7. The van der Waals surface area contributed by atoms with Crippen LogP contribution >= 0.6 is 0 Å². The van der Waals surface area contributed by atoms with Crippen LogP contribution in [-0.2, 0) is 6.54 Å². The molecular formula is C31H49NO3. The van der Waals surface area contributed by atoms with Crippen molar-refractivity contribution in [2.45, 2.75) is 103 Å². The molecule has 4 fully saturated rings. The molecule has 4 heteroatoms. The van der Waals surface area contributed by atoms with Crippen LogP contribution in [0.15, 0.2) is 30.3 Å². The highest BCUT2D eigenvalue weighted by Crippen LogP contribution is 2.68. The molecule has 0 saturated heterocycles. The van der Waals surface area contributed by atoms with Gasteiger partial charge in [-0.15, -0.1) is 0 Å². The van der Waals surface area contributed by atoms with Crippen molar-refractivity contribution in [1.82, 2.24) is 5.32 Å². The van der Waals surface area contributed by atoms with Gasteiger partial charge < -0.3 is 20.6 Å². The molecule has 4 N–H and O–H groups in total. The van der Waals surface area contributed by atoms with Gasteiger partial charge in [0.2, 0.25) is 0 Å². The van der Waals surface area contributed by atoms with Crippen LogP contribution in [0.1, 0.15) is 84.1 Å². The molecule has 0 aromatic heterocycles. The molecule has 4 nitrogen and oxygen atoms in total. The van der Waals surface area contributed by atoms with Crippen LogP contribution in [0.3, 0.4) is 0 Å². The zero-order chi connectivity index (χ0) is 24.8. The molecule has 35 heavy (non-hydrogen) atoms. The highest BCUT2D eigenvalue weighted by Gasteiger charge is 2.65. The Labute approximate surface area is 212 Å². The third-order valence-corrected chi connectivity index (χ3v) is 11.7. The van der Waals surface area contributed by atoms with Crippen molar-refractivity contribution in [2.75, 3.05) is 6.54 Å². The lowest BCUT2D eigenvalue weighted by Gasteiger charge is -2.63. The Balaban J connectivity index is 1.23. The zero-order valence-electron chi connectivity index (χ0n) is 22.2. The Kier molecular flexibility index (Phi) is 7.40. The summed E-state index contributed by atoms with van der Waals surface area (Å²) in [6, 6.07) is 10.6.